The van der Waals surface area contributed by atoms with Crippen LogP contribution in [0.3, 0.4) is 0 Å². The summed E-state index contributed by atoms with van der Waals surface area (Å²) in [7, 11) is 1.79. The maximum atomic E-state index is 6.95. The number of rotatable bonds is 0. The van der Waals surface area contributed by atoms with E-state index >= 15 is 0 Å². The summed E-state index contributed by atoms with van der Waals surface area (Å²) in [5, 5.41) is 5.11. The Balaban J connectivity index is 2.93. The largest absolute Gasteiger partial charge is 0.362 e. The summed E-state index contributed by atoms with van der Waals surface area (Å²) < 4.78 is 1.61. The summed E-state index contributed by atoms with van der Waals surface area (Å²) >= 11 is 0. The van der Waals surface area contributed by atoms with Crippen LogP contribution in [0.1, 0.15) is 0 Å². The van der Waals surface area contributed by atoms with Crippen LogP contribution in [0.4, 0.5) is 5.82 Å². The van der Waals surface area contributed by atoms with Gasteiger partial charge in [0.15, 0.2) is 0 Å². The Kier molecular flexibility index (Phi) is 1.34. The van der Waals surface area contributed by atoms with Crippen molar-refractivity contribution in [3.8, 4) is 0 Å². The van der Waals surface area contributed by atoms with Crippen LogP contribution in [0.2, 0.25) is 0 Å². The molecule has 58 valence electrons. The third kappa shape index (κ3) is 0.785. The summed E-state index contributed by atoms with van der Waals surface area (Å²) in [4.78, 5) is 3.41. The number of nitrogens with zero attached hydrogens (tertiary/aromatic N) is 3. The smallest absolute Gasteiger partial charge is 0.259 e. The Bertz CT molecular complexity index is 462. The van der Waals surface area contributed by atoms with Gasteiger partial charge in [-0.1, -0.05) is 24.8 Å². The first-order chi connectivity index (χ1) is 5.83. The Morgan fingerprint density at radius 3 is 2.92 bits per heavy atom. The van der Waals surface area contributed by atoms with Crippen molar-refractivity contribution in [2.24, 2.45) is 7.05 Å². The molecule has 0 aliphatic carbocycles. The van der Waals surface area contributed by atoms with E-state index in [-0.39, 0.29) is 0 Å². The summed E-state index contributed by atoms with van der Waals surface area (Å²) in [6, 6.07) is 7.65. The van der Waals surface area contributed by atoms with Crippen molar-refractivity contribution in [1.29, 1.82) is 0 Å². The molecule has 2 aromatic rings. The number of hydrogen-bond donors (Lipinski definition) is 0. The van der Waals surface area contributed by atoms with Crippen LogP contribution < -0.4 is 0 Å². The van der Waals surface area contributed by atoms with Crippen LogP contribution in [-0.2, 0) is 7.05 Å². The Morgan fingerprint density at radius 1 is 1.42 bits per heavy atom. The molecule has 0 radical (unpaired) electrons. The molecule has 2 rings (SSSR count). The fourth-order valence-corrected chi connectivity index (χ4v) is 1.27. The van der Waals surface area contributed by atoms with Gasteiger partial charge in [-0.05, 0) is 6.07 Å². The average Bonchev–Trinajstić information content (AvgIpc) is 2.40. The minimum atomic E-state index is 0.602. The summed E-state index contributed by atoms with van der Waals surface area (Å²) in [6.07, 6.45) is 0. The maximum Gasteiger partial charge on any atom is 0.259 e. The third-order valence-corrected chi connectivity index (χ3v) is 1.82. The lowest BCUT2D eigenvalue weighted by molar-refractivity contribution is 0.795. The minimum Gasteiger partial charge on any atom is -0.362 e. The Morgan fingerprint density at radius 2 is 2.17 bits per heavy atom. The number of benzene rings is 1. The molecule has 0 saturated heterocycles. The van der Waals surface area contributed by atoms with Crippen LogP contribution in [0.25, 0.3) is 15.7 Å². The molecule has 0 aliphatic rings. The molecule has 1 aromatic heterocycles. The van der Waals surface area contributed by atoms with E-state index in [9.17, 15) is 0 Å². The number of aryl methyl sites for hydroxylation is 1. The van der Waals surface area contributed by atoms with Crippen molar-refractivity contribution in [3.63, 3.8) is 0 Å². The second kappa shape index (κ2) is 2.35. The molecule has 0 amide bonds. The van der Waals surface area contributed by atoms with Gasteiger partial charge in [0, 0.05) is 5.39 Å². The molecule has 0 bridgehead atoms. The Labute approximate surface area is 70.1 Å². The molecule has 0 saturated carbocycles. The van der Waals surface area contributed by atoms with Crippen molar-refractivity contribution in [2.75, 3.05) is 0 Å². The van der Waals surface area contributed by atoms with Gasteiger partial charge in [-0.15, -0.1) is 5.10 Å². The van der Waals surface area contributed by atoms with Crippen LogP contribution in [0.5, 0.6) is 0 Å². The van der Waals surface area contributed by atoms with E-state index in [0.717, 1.165) is 10.9 Å². The number of fused-ring (bicyclic) bond motifs is 1. The summed E-state index contributed by atoms with van der Waals surface area (Å²) in [5.41, 5.74) is 0.881. The quantitative estimate of drug-likeness (QED) is 0.537. The minimum absolute atomic E-state index is 0.602. The van der Waals surface area contributed by atoms with E-state index in [4.69, 9.17) is 6.57 Å². The van der Waals surface area contributed by atoms with Gasteiger partial charge in [0.05, 0.1) is 7.05 Å². The van der Waals surface area contributed by atoms with E-state index in [1.54, 1.807) is 11.7 Å². The van der Waals surface area contributed by atoms with E-state index in [1.807, 2.05) is 24.3 Å². The zero-order chi connectivity index (χ0) is 8.55. The van der Waals surface area contributed by atoms with Crippen LogP contribution in [-0.4, -0.2) is 9.78 Å². The standard InChI is InChI=1S/C9H7N3/c1-10-9-7-5-3-4-6-8(7)11-12(9)2/h3-6H,2H3. The van der Waals surface area contributed by atoms with Gasteiger partial charge in [-0.2, -0.15) is 4.68 Å². The van der Waals surface area contributed by atoms with Crippen molar-refractivity contribution in [2.45, 2.75) is 0 Å². The monoisotopic (exact) mass is 157 g/mol. The van der Waals surface area contributed by atoms with E-state index in [0.29, 0.717) is 5.82 Å². The molecule has 1 aromatic carbocycles. The lowest BCUT2D eigenvalue weighted by atomic mass is 10.2. The molecule has 0 unspecified atom stereocenters. The molecule has 0 aliphatic heterocycles. The molecule has 3 heteroatoms. The van der Waals surface area contributed by atoms with Gasteiger partial charge in [0.1, 0.15) is 5.52 Å². The van der Waals surface area contributed by atoms with Gasteiger partial charge < -0.3 is 4.85 Å². The van der Waals surface area contributed by atoms with Crippen molar-refractivity contribution in [1.82, 2.24) is 9.78 Å². The first-order valence-electron chi connectivity index (χ1n) is 3.62. The fraction of sp³-hybridized carbons (Fsp3) is 0.111. The third-order valence-electron chi connectivity index (χ3n) is 1.82. The van der Waals surface area contributed by atoms with E-state index < -0.39 is 0 Å². The molecule has 1 heterocycles. The maximum absolute atomic E-state index is 6.95. The van der Waals surface area contributed by atoms with Crippen molar-refractivity contribution < 1.29 is 0 Å². The highest BCUT2D eigenvalue weighted by Crippen LogP contribution is 2.24. The van der Waals surface area contributed by atoms with Gasteiger partial charge >= 0.3 is 0 Å². The summed E-state index contributed by atoms with van der Waals surface area (Å²) in [5.74, 6) is 0.602. The van der Waals surface area contributed by atoms with Crippen molar-refractivity contribution in [3.05, 3.63) is 35.7 Å². The molecule has 0 fully saturated rings. The molecule has 3 nitrogen and oxygen atoms in total. The Hall–Kier alpha value is -1.82. The predicted octanol–water partition coefficient (Wildman–Crippen LogP) is 2.12. The highest BCUT2D eigenvalue weighted by molar-refractivity contribution is 5.90. The fourth-order valence-electron chi connectivity index (χ4n) is 1.27. The number of hydrogen-bond acceptors (Lipinski definition) is 1. The first-order valence-corrected chi connectivity index (χ1v) is 3.62. The molecule has 0 spiro atoms. The topological polar surface area (TPSA) is 22.2 Å². The molecule has 0 atom stereocenters. The summed E-state index contributed by atoms with van der Waals surface area (Å²) in [6.45, 7) is 6.95. The molecular formula is C9H7N3. The first kappa shape index (κ1) is 6.86. The van der Waals surface area contributed by atoms with Crippen LogP contribution >= 0.6 is 0 Å². The normalized spacial score (nSPS) is 10.0. The van der Waals surface area contributed by atoms with Crippen LogP contribution in [0.15, 0.2) is 24.3 Å². The van der Waals surface area contributed by atoms with E-state index in [2.05, 4.69) is 9.94 Å². The average molecular weight is 157 g/mol. The van der Waals surface area contributed by atoms with Gasteiger partial charge in [-0.25, -0.2) is 0 Å². The zero-order valence-electron chi connectivity index (χ0n) is 6.65. The molecular weight excluding hydrogens is 150 g/mol. The second-order valence-corrected chi connectivity index (χ2v) is 2.58. The molecule has 0 N–H and O–H groups in total. The van der Waals surface area contributed by atoms with Gasteiger partial charge in [0.25, 0.3) is 5.82 Å². The predicted molar refractivity (Wildman–Crippen MR) is 47.0 cm³/mol. The zero-order valence-corrected chi connectivity index (χ0v) is 6.65. The lowest BCUT2D eigenvalue weighted by Crippen LogP contribution is -1.86. The van der Waals surface area contributed by atoms with E-state index in [1.165, 1.54) is 0 Å². The second-order valence-electron chi connectivity index (χ2n) is 2.58. The van der Waals surface area contributed by atoms with Gasteiger partial charge in [-0.3, -0.25) is 0 Å². The number of aromatic nitrogens is 2. The highest BCUT2D eigenvalue weighted by atomic mass is 15.3. The molecule has 12 heavy (non-hydrogen) atoms. The van der Waals surface area contributed by atoms with Crippen molar-refractivity contribution >= 4 is 16.7 Å². The van der Waals surface area contributed by atoms with Crippen LogP contribution in [0, 0.1) is 6.57 Å². The SMILES string of the molecule is [C-]#[N+]c1c2ccccc2nn1C. The van der Waals surface area contributed by atoms with Gasteiger partial charge in [0.2, 0.25) is 0 Å². The lowest BCUT2D eigenvalue weighted by Gasteiger charge is -1.87. The highest BCUT2D eigenvalue weighted by Gasteiger charge is 2.06.